The lowest BCUT2D eigenvalue weighted by Crippen LogP contribution is -2.35. The standard InChI is InChI=1S/C21H21N3O3S/c25-21(19-6-4-8-20-18(19)7-5-13-22-20)23-16-9-11-17(12-10-16)28(26,27)24-14-2-1-3-15-24/h4-13H,1-3,14-15H2,(H,23,25). The molecule has 0 saturated carbocycles. The lowest BCUT2D eigenvalue weighted by atomic mass is 10.1. The average Bonchev–Trinajstić information content (AvgIpc) is 2.74. The average molecular weight is 395 g/mol. The van der Waals surface area contributed by atoms with E-state index in [9.17, 15) is 13.2 Å². The van der Waals surface area contributed by atoms with Crippen molar-refractivity contribution in [1.82, 2.24) is 9.29 Å². The Bertz CT molecular complexity index is 1100. The van der Waals surface area contributed by atoms with Crippen LogP contribution < -0.4 is 5.32 Å². The number of nitrogens with one attached hydrogen (secondary N) is 1. The number of hydrogen-bond acceptors (Lipinski definition) is 4. The number of fused-ring (bicyclic) bond motifs is 1. The van der Waals surface area contributed by atoms with E-state index in [1.165, 1.54) is 4.31 Å². The molecule has 1 fully saturated rings. The predicted molar refractivity (Wildman–Crippen MR) is 109 cm³/mol. The number of carbonyl (C=O) groups excluding carboxylic acids is 1. The van der Waals surface area contributed by atoms with Crippen molar-refractivity contribution in [3.63, 3.8) is 0 Å². The van der Waals surface area contributed by atoms with Gasteiger partial charge in [0.2, 0.25) is 10.0 Å². The number of aromatic nitrogens is 1. The zero-order chi connectivity index (χ0) is 19.6. The van der Waals surface area contributed by atoms with Crippen LogP contribution in [0, 0.1) is 0 Å². The number of rotatable bonds is 4. The second-order valence-corrected chi connectivity index (χ2v) is 8.76. The zero-order valence-electron chi connectivity index (χ0n) is 15.3. The van der Waals surface area contributed by atoms with Gasteiger partial charge in [-0.3, -0.25) is 9.78 Å². The van der Waals surface area contributed by atoms with Crippen molar-refractivity contribution in [2.45, 2.75) is 24.2 Å². The Labute approximate surface area is 164 Å². The molecule has 0 spiro atoms. The first-order chi connectivity index (χ1) is 13.6. The van der Waals surface area contributed by atoms with Gasteiger partial charge in [0.05, 0.1) is 10.4 Å². The number of hydrogen-bond donors (Lipinski definition) is 1. The van der Waals surface area contributed by atoms with E-state index in [0.29, 0.717) is 24.3 Å². The van der Waals surface area contributed by atoms with E-state index in [2.05, 4.69) is 10.3 Å². The van der Waals surface area contributed by atoms with E-state index >= 15 is 0 Å². The Hall–Kier alpha value is -2.77. The molecule has 1 amide bonds. The van der Waals surface area contributed by atoms with E-state index in [1.807, 2.05) is 12.1 Å². The SMILES string of the molecule is O=C(Nc1ccc(S(=O)(=O)N2CCCCC2)cc1)c1cccc2ncccc12. The Morgan fingerprint density at radius 2 is 1.68 bits per heavy atom. The van der Waals surface area contributed by atoms with Gasteiger partial charge in [0.1, 0.15) is 0 Å². The van der Waals surface area contributed by atoms with Crippen molar-refractivity contribution in [1.29, 1.82) is 0 Å². The zero-order valence-corrected chi connectivity index (χ0v) is 16.2. The molecule has 1 aliphatic rings. The molecule has 1 N–H and O–H groups in total. The molecule has 4 rings (SSSR count). The Morgan fingerprint density at radius 1 is 0.929 bits per heavy atom. The van der Waals surface area contributed by atoms with E-state index in [1.54, 1.807) is 48.7 Å². The molecule has 3 aromatic rings. The minimum atomic E-state index is -3.48. The van der Waals surface area contributed by atoms with Crippen LogP contribution in [0.4, 0.5) is 5.69 Å². The summed E-state index contributed by atoms with van der Waals surface area (Å²) in [5, 5.41) is 3.60. The summed E-state index contributed by atoms with van der Waals surface area (Å²) in [4.78, 5) is 17.2. The van der Waals surface area contributed by atoms with Gasteiger partial charge in [0, 0.05) is 35.9 Å². The highest BCUT2D eigenvalue weighted by molar-refractivity contribution is 7.89. The molecule has 28 heavy (non-hydrogen) atoms. The molecule has 0 aliphatic carbocycles. The van der Waals surface area contributed by atoms with Crippen molar-refractivity contribution in [2.24, 2.45) is 0 Å². The van der Waals surface area contributed by atoms with Crippen molar-refractivity contribution in [2.75, 3.05) is 18.4 Å². The quantitative estimate of drug-likeness (QED) is 0.731. The Morgan fingerprint density at radius 3 is 2.43 bits per heavy atom. The first kappa shape index (κ1) is 18.6. The lowest BCUT2D eigenvalue weighted by molar-refractivity contribution is 0.102. The maximum atomic E-state index is 12.7. The monoisotopic (exact) mass is 395 g/mol. The van der Waals surface area contributed by atoms with Gasteiger partial charge in [0.25, 0.3) is 5.91 Å². The van der Waals surface area contributed by atoms with Gasteiger partial charge in [-0.05, 0) is 55.3 Å². The molecule has 0 atom stereocenters. The van der Waals surface area contributed by atoms with Crippen LogP contribution in [0.25, 0.3) is 10.9 Å². The summed E-state index contributed by atoms with van der Waals surface area (Å²) in [5.74, 6) is -0.259. The molecule has 0 bridgehead atoms. The number of nitrogens with zero attached hydrogens (tertiary/aromatic N) is 2. The van der Waals surface area contributed by atoms with Crippen LogP contribution >= 0.6 is 0 Å². The molecule has 144 valence electrons. The summed E-state index contributed by atoms with van der Waals surface area (Å²) < 4.78 is 27.0. The highest BCUT2D eigenvalue weighted by atomic mass is 32.2. The summed E-state index contributed by atoms with van der Waals surface area (Å²) in [6, 6.07) is 15.4. The summed E-state index contributed by atoms with van der Waals surface area (Å²) in [7, 11) is -3.48. The summed E-state index contributed by atoms with van der Waals surface area (Å²) in [6.07, 6.45) is 4.55. The van der Waals surface area contributed by atoms with Crippen LogP contribution in [0.2, 0.25) is 0 Å². The van der Waals surface area contributed by atoms with Crippen molar-refractivity contribution in [3.8, 4) is 0 Å². The number of piperidine rings is 1. The molecular formula is C21H21N3O3S. The number of anilines is 1. The molecular weight excluding hydrogens is 374 g/mol. The van der Waals surface area contributed by atoms with Gasteiger partial charge in [-0.2, -0.15) is 4.31 Å². The molecule has 7 heteroatoms. The normalized spacial score (nSPS) is 15.4. The van der Waals surface area contributed by atoms with Gasteiger partial charge >= 0.3 is 0 Å². The molecule has 0 radical (unpaired) electrons. The van der Waals surface area contributed by atoms with Crippen LogP contribution in [0.5, 0.6) is 0 Å². The largest absolute Gasteiger partial charge is 0.322 e. The molecule has 6 nitrogen and oxygen atoms in total. The fraction of sp³-hybridized carbons (Fsp3) is 0.238. The van der Waals surface area contributed by atoms with Gasteiger partial charge in [-0.25, -0.2) is 8.42 Å². The van der Waals surface area contributed by atoms with Crippen LogP contribution in [-0.4, -0.2) is 36.7 Å². The highest BCUT2D eigenvalue weighted by Crippen LogP contribution is 2.23. The second-order valence-electron chi connectivity index (χ2n) is 6.82. The predicted octanol–water partition coefficient (Wildman–Crippen LogP) is 3.66. The number of benzene rings is 2. The van der Waals surface area contributed by atoms with Crippen LogP contribution in [-0.2, 0) is 10.0 Å². The van der Waals surface area contributed by atoms with Gasteiger partial charge in [-0.1, -0.05) is 18.6 Å². The highest BCUT2D eigenvalue weighted by Gasteiger charge is 2.25. The Kier molecular flexibility index (Phi) is 5.11. The van der Waals surface area contributed by atoms with Crippen molar-refractivity contribution >= 4 is 32.5 Å². The fourth-order valence-corrected chi connectivity index (χ4v) is 4.98. The van der Waals surface area contributed by atoms with Crippen molar-refractivity contribution in [3.05, 3.63) is 66.4 Å². The van der Waals surface area contributed by atoms with E-state index in [0.717, 1.165) is 30.2 Å². The molecule has 2 heterocycles. The third-order valence-corrected chi connectivity index (χ3v) is 6.87. The minimum Gasteiger partial charge on any atom is -0.322 e. The lowest BCUT2D eigenvalue weighted by Gasteiger charge is -2.25. The molecule has 1 aliphatic heterocycles. The topological polar surface area (TPSA) is 79.4 Å². The van der Waals surface area contributed by atoms with Gasteiger partial charge in [0.15, 0.2) is 0 Å². The number of amides is 1. The summed E-state index contributed by atoms with van der Waals surface area (Å²) in [5.41, 5.74) is 1.82. The summed E-state index contributed by atoms with van der Waals surface area (Å²) in [6.45, 7) is 1.13. The molecule has 1 aromatic heterocycles. The van der Waals surface area contributed by atoms with Crippen LogP contribution in [0.3, 0.4) is 0 Å². The van der Waals surface area contributed by atoms with E-state index in [-0.39, 0.29) is 10.8 Å². The molecule has 1 saturated heterocycles. The minimum absolute atomic E-state index is 0.252. The third kappa shape index (κ3) is 3.63. The maximum Gasteiger partial charge on any atom is 0.256 e. The smallest absolute Gasteiger partial charge is 0.256 e. The second kappa shape index (κ2) is 7.69. The Balaban J connectivity index is 1.54. The number of pyridine rings is 1. The van der Waals surface area contributed by atoms with Crippen LogP contribution in [0.15, 0.2) is 65.7 Å². The van der Waals surface area contributed by atoms with E-state index < -0.39 is 10.0 Å². The van der Waals surface area contributed by atoms with Crippen LogP contribution in [0.1, 0.15) is 29.6 Å². The number of carbonyl (C=O) groups is 1. The third-order valence-electron chi connectivity index (χ3n) is 4.96. The summed E-state index contributed by atoms with van der Waals surface area (Å²) >= 11 is 0. The van der Waals surface area contributed by atoms with Crippen molar-refractivity contribution < 1.29 is 13.2 Å². The molecule has 0 unspecified atom stereocenters. The first-order valence-electron chi connectivity index (χ1n) is 9.31. The maximum absolute atomic E-state index is 12.7. The fourth-order valence-electron chi connectivity index (χ4n) is 3.46. The first-order valence-corrected chi connectivity index (χ1v) is 10.7. The van der Waals surface area contributed by atoms with Gasteiger partial charge in [-0.15, -0.1) is 0 Å². The molecule has 2 aromatic carbocycles. The van der Waals surface area contributed by atoms with E-state index in [4.69, 9.17) is 0 Å². The van der Waals surface area contributed by atoms with Gasteiger partial charge < -0.3 is 5.32 Å². The number of sulfonamides is 1.